The largest absolute Gasteiger partial charge is 0.445 e. The molecule has 0 aliphatic carbocycles. The third-order valence-electron chi connectivity index (χ3n) is 7.88. The number of benzene rings is 3. The van der Waals surface area contributed by atoms with E-state index in [9.17, 15) is 9.90 Å². The Hall–Kier alpha value is -3.53. The third kappa shape index (κ3) is 7.65. The van der Waals surface area contributed by atoms with Crippen LogP contribution in [-0.4, -0.2) is 61.7 Å². The maximum Gasteiger partial charge on any atom is 0.407 e. The Balaban J connectivity index is 1.32. The summed E-state index contributed by atoms with van der Waals surface area (Å²) >= 11 is 0. The van der Waals surface area contributed by atoms with Gasteiger partial charge in [0.2, 0.25) is 0 Å². The first-order valence-electron chi connectivity index (χ1n) is 14.6. The fourth-order valence-electron chi connectivity index (χ4n) is 5.42. The van der Waals surface area contributed by atoms with Crippen molar-refractivity contribution in [3.8, 4) is 11.1 Å². The topological polar surface area (TPSA) is 89.5 Å². The lowest BCUT2D eigenvalue weighted by Crippen LogP contribution is -2.47. The van der Waals surface area contributed by atoms with Gasteiger partial charge in [-0.15, -0.1) is 0 Å². The van der Waals surface area contributed by atoms with E-state index in [2.05, 4.69) is 54.1 Å². The maximum atomic E-state index is 11.8. The van der Waals surface area contributed by atoms with Crippen molar-refractivity contribution >= 4 is 6.09 Å². The quantitative estimate of drug-likeness (QED) is 0.315. The van der Waals surface area contributed by atoms with Crippen LogP contribution in [0.1, 0.15) is 41.6 Å². The number of carbonyl (C=O) groups excluding carboxylic acids is 1. The second kappa shape index (κ2) is 14.6. The van der Waals surface area contributed by atoms with Crippen LogP contribution in [0.25, 0.3) is 11.1 Å². The molecule has 4 atom stereocenters. The van der Waals surface area contributed by atoms with Crippen LogP contribution in [0.4, 0.5) is 4.79 Å². The summed E-state index contributed by atoms with van der Waals surface area (Å²) in [6, 6.07) is 24.3. The smallest absolute Gasteiger partial charge is 0.407 e. The lowest BCUT2D eigenvalue weighted by molar-refractivity contribution is -0.277. The van der Waals surface area contributed by atoms with Gasteiger partial charge in [0, 0.05) is 37.7 Å². The minimum atomic E-state index is -0.513. The molecule has 42 heavy (non-hydrogen) atoms. The van der Waals surface area contributed by atoms with Crippen LogP contribution in [0.3, 0.4) is 0 Å². The van der Waals surface area contributed by atoms with Gasteiger partial charge in [-0.25, -0.2) is 4.79 Å². The summed E-state index contributed by atoms with van der Waals surface area (Å²) in [6.45, 7) is 10.4. The number of aliphatic hydroxyl groups excluding tert-OH is 1. The van der Waals surface area contributed by atoms with Gasteiger partial charge in [-0.05, 0) is 33.9 Å². The number of ether oxygens (including phenoxy) is 4. The highest BCUT2D eigenvalue weighted by Gasteiger charge is 2.39. The first kappa shape index (κ1) is 29.9. The van der Waals surface area contributed by atoms with Gasteiger partial charge < -0.3 is 29.4 Å². The Bertz CT molecular complexity index is 1310. The first-order valence-corrected chi connectivity index (χ1v) is 14.6. The van der Waals surface area contributed by atoms with Crippen molar-refractivity contribution in [2.24, 2.45) is 5.92 Å². The van der Waals surface area contributed by atoms with E-state index in [-0.39, 0.29) is 31.3 Å². The molecule has 0 radical (unpaired) electrons. The van der Waals surface area contributed by atoms with E-state index in [4.69, 9.17) is 18.9 Å². The van der Waals surface area contributed by atoms with Gasteiger partial charge >= 0.3 is 6.09 Å². The highest BCUT2D eigenvalue weighted by Crippen LogP contribution is 2.42. The van der Waals surface area contributed by atoms with Gasteiger partial charge in [0.15, 0.2) is 6.29 Å². The number of carbonyl (C=O) groups is 1. The van der Waals surface area contributed by atoms with E-state index < -0.39 is 12.4 Å². The zero-order chi connectivity index (χ0) is 29.3. The van der Waals surface area contributed by atoms with E-state index >= 15 is 0 Å². The summed E-state index contributed by atoms with van der Waals surface area (Å²) in [5.41, 5.74) is 5.99. The zero-order valence-electron chi connectivity index (χ0n) is 24.1. The monoisotopic (exact) mass is 572 g/mol. The summed E-state index contributed by atoms with van der Waals surface area (Å²) in [5.74, 6) is 0.133. The van der Waals surface area contributed by atoms with Crippen LogP contribution in [0.15, 0.2) is 85.5 Å². The van der Waals surface area contributed by atoms with Gasteiger partial charge in [-0.2, -0.15) is 0 Å². The average Bonchev–Trinajstić information content (AvgIpc) is 3.04. The molecule has 0 bridgehead atoms. The van der Waals surface area contributed by atoms with Crippen molar-refractivity contribution < 1.29 is 28.8 Å². The Morgan fingerprint density at radius 2 is 1.74 bits per heavy atom. The molecule has 3 aromatic carbocycles. The number of hydrogen-bond acceptors (Lipinski definition) is 7. The Labute approximate surface area is 247 Å². The molecule has 2 fully saturated rings. The number of alkyl carbamates (subject to hydrolysis) is 1. The van der Waals surface area contributed by atoms with Crippen LogP contribution in [0.5, 0.6) is 0 Å². The maximum absolute atomic E-state index is 11.8. The lowest BCUT2D eigenvalue weighted by Gasteiger charge is -2.43. The second-order valence-electron chi connectivity index (χ2n) is 10.8. The van der Waals surface area contributed by atoms with Crippen molar-refractivity contribution in [1.82, 2.24) is 10.2 Å². The zero-order valence-corrected chi connectivity index (χ0v) is 24.1. The summed E-state index contributed by atoms with van der Waals surface area (Å²) in [4.78, 5) is 14.2. The fourth-order valence-corrected chi connectivity index (χ4v) is 5.42. The van der Waals surface area contributed by atoms with Crippen molar-refractivity contribution in [1.29, 1.82) is 0 Å². The van der Waals surface area contributed by atoms with Crippen molar-refractivity contribution in [3.63, 3.8) is 0 Å². The van der Waals surface area contributed by atoms with Gasteiger partial charge in [0.05, 0.1) is 32.0 Å². The van der Waals surface area contributed by atoms with Crippen LogP contribution >= 0.6 is 0 Å². The number of amides is 1. The summed E-state index contributed by atoms with van der Waals surface area (Å²) in [5, 5.41) is 12.3. The SMILES string of the molecule is C=CCOC(=O)NCc1cccc(-c2ccc([C@H]3O[C@@H](CN4CCOCC4)[C@@H](C)[C@@H](c4ccc(CO)cc4)O3)cc2)c1. The number of morpholine rings is 1. The summed E-state index contributed by atoms with van der Waals surface area (Å²) in [6.07, 6.45) is 0.381. The predicted molar refractivity (Wildman–Crippen MR) is 160 cm³/mol. The molecular weight excluding hydrogens is 532 g/mol. The van der Waals surface area contributed by atoms with Gasteiger partial charge in [0.25, 0.3) is 0 Å². The molecule has 0 spiro atoms. The summed E-state index contributed by atoms with van der Waals surface area (Å²) < 4.78 is 23.8. The highest BCUT2D eigenvalue weighted by atomic mass is 16.7. The second-order valence-corrected chi connectivity index (χ2v) is 10.8. The Morgan fingerprint density at radius 1 is 1.00 bits per heavy atom. The molecule has 222 valence electrons. The molecular formula is C34H40N2O6. The normalized spacial score (nSPS) is 22.8. The van der Waals surface area contributed by atoms with Crippen molar-refractivity contribution in [3.05, 3.63) is 108 Å². The van der Waals surface area contributed by atoms with Crippen molar-refractivity contribution in [2.45, 2.75) is 38.6 Å². The number of nitrogens with one attached hydrogen (secondary N) is 1. The molecule has 0 aromatic heterocycles. The molecule has 3 aromatic rings. The number of nitrogens with zero attached hydrogens (tertiary/aromatic N) is 1. The minimum Gasteiger partial charge on any atom is -0.445 e. The fraction of sp³-hybridized carbons (Fsp3) is 0.382. The van der Waals surface area contributed by atoms with Gasteiger partial charge in [-0.1, -0.05) is 86.3 Å². The van der Waals surface area contributed by atoms with Crippen molar-refractivity contribution in [2.75, 3.05) is 39.5 Å². The molecule has 0 unspecified atom stereocenters. The van der Waals surface area contributed by atoms with E-state index in [0.717, 1.165) is 66.2 Å². The number of hydrogen-bond donors (Lipinski definition) is 2. The van der Waals surface area contributed by atoms with E-state index in [1.807, 2.05) is 42.5 Å². The van der Waals surface area contributed by atoms with E-state index in [0.29, 0.717) is 6.54 Å². The molecule has 2 aliphatic rings. The molecule has 2 heterocycles. The minimum absolute atomic E-state index is 0.0147. The molecule has 8 heteroatoms. The first-order chi connectivity index (χ1) is 20.5. The molecule has 2 N–H and O–H groups in total. The molecule has 5 rings (SSSR count). The molecule has 2 aliphatic heterocycles. The highest BCUT2D eigenvalue weighted by molar-refractivity contribution is 5.68. The van der Waals surface area contributed by atoms with Crippen LogP contribution in [0, 0.1) is 5.92 Å². The number of rotatable bonds is 10. The molecule has 8 nitrogen and oxygen atoms in total. The van der Waals surface area contributed by atoms with Crippen LogP contribution in [0.2, 0.25) is 0 Å². The Kier molecular flexibility index (Phi) is 10.4. The van der Waals surface area contributed by atoms with E-state index in [1.165, 1.54) is 6.08 Å². The number of aliphatic hydroxyl groups is 1. The van der Waals surface area contributed by atoms with Gasteiger partial charge in [0.1, 0.15) is 6.61 Å². The molecule has 0 saturated carbocycles. The average molecular weight is 573 g/mol. The van der Waals surface area contributed by atoms with Crippen LogP contribution < -0.4 is 5.32 Å². The van der Waals surface area contributed by atoms with Crippen LogP contribution in [-0.2, 0) is 32.1 Å². The Morgan fingerprint density at radius 3 is 2.45 bits per heavy atom. The molecule has 1 amide bonds. The molecule has 2 saturated heterocycles. The van der Waals surface area contributed by atoms with E-state index in [1.54, 1.807) is 0 Å². The predicted octanol–water partition coefficient (Wildman–Crippen LogP) is 5.38. The standard InChI is InChI=1S/C34H40N2O6/c1-3-17-40-34(38)35-21-26-5-4-6-30(20-26)27-11-13-29(14-12-27)33-41-31(22-36-15-18-39-19-16-36)24(2)32(42-33)28-9-7-25(23-37)8-10-28/h3-14,20,24,31-33,37H,1,15-19,21-23H2,2H3,(H,35,38)/t24-,31+,32+,33+/m1/s1. The third-order valence-corrected chi connectivity index (χ3v) is 7.88. The summed E-state index contributed by atoms with van der Waals surface area (Å²) in [7, 11) is 0. The van der Waals surface area contributed by atoms with Gasteiger partial charge in [-0.3, -0.25) is 4.90 Å². The lowest BCUT2D eigenvalue weighted by atomic mass is 9.90.